The highest BCUT2D eigenvalue weighted by atomic mass is 16.5. The van der Waals surface area contributed by atoms with E-state index in [0.29, 0.717) is 5.92 Å². The smallest absolute Gasteiger partial charge is 0.323 e. The minimum atomic E-state index is -0.0730. The molecular formula is C14H25NO2. The average molecular weight is 239 g/mol. The third-order valence-electron chi connectivity index (χ3n) is 4.19. The Morgan fingerprint density at radius 2 is 1.94 bits per heavy atom. The van der Waals surface area contributed by atoms with E-state index in [9.17, 15) is 4.79 Å². The Kier molecular flexibility index (Phi) is 4.84. The van der Waals surface area contributed by atoms with E-state index in [0.717, 1.165) is 12.5 Å². The fourth-order valence-corrected chi connectivity index (χ4v) is 2.92. The molecule has 2 fully saturated rings. The monoisotopic (exact) mass is 239 g/mol. The summed E-state index contributed by atoms with van der Waals surface area (Å²) in [6, 6.07) is -0.0383. The van der Waals surface area contributed by atoms with Crippen molar-refractivity contribution in [3.63, 3.8) is 0 Å². The molecule has 1 unspecified atom stereocenters. The number of carbonyl (C=O) groups excluding carboxylic acids is 1. The molecule has 3 nitrogen and oxygen atoms in total. The van der Waals surface area contributed by atoms with E-state index in [-0.39, 0.29) is 12.0 Å². The zero-order valence-electron chi connectivity index (χ0n) is 10.9. The first kappa shape index (κ1) is 12.9. The molecule has 2 aliphatic rings. The Morgan fingerprint density at radius 1 is 1.24 bits per heavy atom. The number of esters is 1. The Balaban J connectivity index is 1.66. The molecular weight excluding hydrogens is 214 g/mol. The molecule has 2 rings (SSSR count). The number of carbonyl (C=O) groups is 1. The summed E-state index contributed by atoms with van der Waals surface area (Å²) in [4.78, 5) is 11.6. The molecule has 0 bridgehead atoms. The van der Waals surface area contributed by atoms with Crippen LogP contribution in [-0.4, -0.2) is 25.7 Å². The molecule has 0 spiro atoms. The Hall–Kier alpha value is -0.570. The maximum atomic E-state index is 11.6. The van der Waals surface area contributed by atoms with Gasteiger partial charge in [-0.25, -0.2) is 0 Å². The van der Waals surface area contributed by atoms with Crippen LogP contribution in [0.3, 0.4) is 0 Å². The first-order valence-corrected chi connectivity index (χ1v) is 7.12. The quantitative estimate of drug-likeness (QED) is 0.724. The third-order valence-corrected chi connectivity index (χ3v) is 4.19. The van der Waals surface area contributed by atoms with E-state index in [1.165, 1.54) is 58.5 Å². The molecule has 0 aliphatic heterocycles. The number of nitrogens with one attached hydrogen (secondary N) is 1. The van der Waals surface area contributed by atoms with Gasteiger partial charge < -0.3 is 10.1 Å². The van der Waals surface area contributed by atoms with Gasteiger partial charge in [-0.2, -0.15) is 0 Å². The van der Waals surface area contributed by atoms with Gasteiger partial charge in [0.05, 0.1) is 7.11 Å². The van der Waals surface area contributed by atoms with Crippen LogP contribution in [0, 0.1) is 11.8 Å². The first-order valence-electron chi connectivity index (χ1n) is 7.12. The molecule has 17 heavy (non-hydrogen) atoms. The van der Waals surface area contributed by atoms with Gasteiger partial charge in [0.2, 0.25) is 0 Å². The highest BCUT2D eigenvalue weighted by molar-refractivity contribution is 5.76. The van der Waals surface area contributed by atoms with Crippen molar-refractivity contribution >= 4 is 5.97 Å². The molecule has 0 aromatic carbocycles. The first-order chi connectivity index (χ1) is 8.31. The molecule has 1 atom stereocenters. The van der Waals surface area contributed by atoms with Gasteiger partial charge in [0.15, 0.2) is 0 Å². The maximum absolute atomic E-state index is 11.6. The zero-order valence-corrected chi connectivity index (χ0v) is 10.9. The highest BCUT2D eigenvalue weighted by Gasteiger charge is 2.36. The highest BCUT2D eigenvalue weighted by Crippen LogP contribution is 2.33. The largest absolute Gasteiger partial charge is 0.468 e. The SMILES string of the molecule is COC(=O)C(NCCC1CCCCC1)C1CC1. The van der Waals surface area contributed by atoms with E-state index >= 15 is 0 Å². The molecule has 98 valence electrons. The van der Waals surface area contributed by atoms with Crippen LogP contribution in [-0.2, 0) is 9.53 Å². The van der Waals surface area contributed by atoms with Crippen molar-refractivity contribution in [3.8, 4) is 0 Å². The standard InChI is InChI=1S/C14H25NO2/c1-17-14(16)13(12-7-8-12)15-10-9-11-5-3-2-4-6-11/h11-13,15H,2-10H2,1H3. The minimum Gasteiger partial charge on any atom is -0.468 e. The van der Waals surface area contributed by atoms with Crippen LogP contribution in [0.25, 0.3) is 0 Å². The third kappa shape index (κ3) is 3.98. The summed E-state index contributed by atoms with van der Waals surface area (Å²) in [6.45, 7) is 0.973. The topological polar surface area (TPSA) is 38.3 Å². The lowest BCUT2D eigenvalue weighted by molar-refractivity contribution is -0.143. The molecule has 0 aromatic heterocycles. The summed E-state index contributed by atoms with van der Waals surface area (Å²) in [5.41, 5.74) is 0. The second-order valence-electron chi connectivity index (χ2n) is 5.59. The lowest BCUT2D eigenvalue weighted by Gasteiger charge is -2.23. The molecule has 2 saturated carbocycles. The van der Waals surface area contributed by atoms with Gasteiger partial charge in [-0.1, -0.05) is 32.1 Å². The molecule has 3 heteroatoms. The molecule has 0 aromatic rings. The van der Waals surface area contributed by atoms with Crippen molar-refractivity contribution in [3.05, 3.63) is 0 Å². The predicted molar refractivity (Wildman–Crippen MR) is 67.7 cm³/mol. The minimum absolute atomic E-state index is 0.0383. The van der Waals surface area contributed by atoms with E-state index in [2.05, 4.69) is 5.32 Å². The Labute approximate surface area is 104 Å². The van der Waals surface area contributed by atoms with Gasteiger partial charge in [0.25, 0.3) is 0 Å². The number of methoxy groups -OCH3 is 1. The van der Waals surface area contributed by atoms with Crippen molar-refractivity contribution in [1.82, 2.24) is 5.32 Å². The normalized spacial score (nSPS) is 23.4. The second-order valence-corrected chi connectivity index (χ2v) is 5.59. The maximum Gasteiger partial charge on any atom is 0.323 e. The van der Waals surface area contributed by atoms with Gasteiger partial charge >= 0.3 is 5.97 Å². The molecule has 1 N–H and O–H groups in total. The fraction of sp³-hybridized carbons (Fsp3) is 0.929. The summed E-state index contributed by atoms with van der Waals surface area (Å²) in [5, 5.41) is 3.41. The lowest BCUT2D eigenvalue weighted by Crippen LogP contribution is -2.40. The molecule has 0 saturated heterocycles. The number of rotatable bonds is 6. The van der Waals surface area contributed by atoms with Crippen molar-refractivity contribution in [1.29, 1.82) is 0 Å². The van der Waals surface area contributed by atoms with Crippen LogP contribution in [0.4, 0.5) is 0 Å². The van der Waals surface area contributed by atoms with Gasteiger partial charge in [-0.15, -0.1) is 0 Å². The summed E-state index contributed by atoms with van der Waals surface area (Å²) >= 11 is 0. The van der Waals surface area contributed by atoms with E-state index in [1.807, 2.05) is 0 Å². The van der Waals surface area contributed by atoms with Crippen LogP contribution in [0.5, 0.6) is 0 Å². The second kappa shape index (κ2) is 6.39. The Bertz CT molecular complexity index is 245. The van der Waals surface area contributed by atoms with E-state index in [1.54, 1.807) is 0 Å². The van der Waals surface area contributed by atoms with Crippen LogP contribution >= 0.6 is 0 Å². The fourth-order valence-electron chi connectivity index (χ4n) is 2.92. The van der Waals surface area contributed by atoms with Crippen molar-refractivity contribution < 1.29 is 9.53 Å². The van der Waals surface area contributed by atoms with Crippen LogP contribution in [0.15, 0.2) is 0 Å². The number of ether oxygens (including phenoxy) is 1. The van der Waals surface area contributed by atoms with Gasteiger partial charge in [0.1, 0.15) is 6.04 Å². The zero-order chi connectivity index (χ0) is 12.1. The van der Waals surface area contributed by atoms with Gasteiger partial charge in [-0.3, -0.25) is 4.79 Å². The van der Waals surface area contributed by atoms with Gasteiger partial charge in [-0.05, 0) is 37.6 Å². The van der Waals surface area contributed by atoms with Gasteiger partial charge in [0, 0.05) is 0 Å². The van der Waals surface area contributed by atoms with Crippen LogP contribution < -0.4 is 5.32 Å². The van der Waals surface area contributed by atoms with Crippen LogP contribution in [0.2, 0.25) is 0 Å². The molecule has 0 heterocycles. The van der Waals surface area contributed by atoms with Crippen molar-refractivity contribution in [2.24, 2.45) is 11.8 Å². The summed E-state index contributed by atoms with van der Waals surface area (Å²) in [6.07, 6.45) is 10.5. The molecule has 0 amide bonds. The summed E-state index contributed by atoms with van der Waals surface area (Å²) < 4.78 is 4.85. The molecule has 2 aliphatic carbocycles. The van der Waals surface area contributed by atoms with E-state index in [4.69, 9.17) is 4.74 Å². The lowest BCUT2D eigenvalue weighted by atomic mass is 9.87. The molecule has 0 radical (unpaired) electrons. The summed E-state index contributed by atoms with van der Waals surface area (Å²) in [5.74, 6) is 1.35. The van der Waals surface area contributed by atoms with E-state index < -0.39 is 0 Å². The summed E-state index contributed by atoms with van der Waals surface area (Å²) in [7, 11) is 1.49. The Morgan fingerprint density at radius 3 is 2.53 bits per heavy atom. The average Bonchev–Trinajstić information content (AvgIpc) is 3.19. The number of hydrogen-bond donors (Lipinski definition) is 1. The van der Waals surface area contributed by atoms with Crippen molar-refractivity contribution in [2.45, 2.75) is 57.4 Å². The predicted octanol–water partition coefficient (Wildman–Crippen LogP) is 2.50. The van der Waals surface area contributed by atoms with Crippen LogP contribution in [0.1, 0.15) is 51.4 Å². The van der Waals surface area contributed by atoms with Crippen molar-refractivity contribution in [2.75, 3.05) is 13.7 Å². The number of hydrogen-bond acceptors (Lipinski definition) is 3.